The number of fused-ring (bicyclic) bond motifs is 1. The van der Waals surface area contributed by atoms with Crippen molar-refractivity contribution < 1.29 is 9.59 Å². The highest BCUT2D eigenvalue weighted by Gasteiger charge is 2.15. The molecule has 3 rings (SSSR count). The zero-order valence-electron chi connectivity index (χ0n) is 15.4. The smallest absolute Gasteiger partial charge is 0.270 e. The zero-order valence-corrected chi connectivity index (χ0v) is 16.2. The first-order valence-electron chi connectivity index (χ1n) is 8.86. The van der Waals surface area contributed by atoms with Gasteiger partial charge in [-0.2, -0.15) is 0 Å². The number of rotatable bonds is 8. The Hall–Kier alpha value is -2.81. The van der Waals surface area contributed by atoms with E-state index in [0.29, 0.717) is 29.5 Å². The van der Waals surface area contributed by atoms with Crippen LogP contribution in [0.5, 0.6) is 0 Å². The van der Waals surface area contributed by atoms with Gasteiger partial charge in [0.1, 0.15) is 16.3 Å². The minimum absolute atomic E-state index is 0.0588. The molecule has 8 nitrogen and oxygen atoms in total. The van der Waals surface area contributed by atoms with Crippen molar-refractivity contribution in [2.24, 2.45) is 0 Å². The topological polar surface area (TPSA) is 101 Å². The molecule has 0 spiro atoms. The van der Waals surface area contributed by atoms with Gasteiger partial charge in [-0.05, 0) is 38.8 Å². The number of imidazole rings is 1. The van der Waals surface area contributed by atoms with E-state index >= 15 is 0 Å². The Bertz CT molecular complexity index is 948. The molecule has 0 unspecified atom stereocenters. The lowest BCUT2D eigenvalue weighted by Gasteiger charge is -2.06. The number of hydrogen-bond donors (Lipinski definition) is 2. The van der Waals surface area contributed by atoms with Crippen molar-refractivity contribution in [1.82, 2.24) is 24.9 Å². The van der Waals surface area contributed by atoms with E-state index in [1.807, 2.05) is 38.2 Å². The fourth-order valence-electron chi connectivity index (χ4n) is 2.79. The minimum Gasteiger partial charge on any atom is -0.351 e. The molecule has 3 aromatic heterocycles. The second-order valence-corrected chi connectivity index (χ2v) is 7.40. The largest absolute Gasteiger partial charge is 0.351 e. The second kappa shape index (κ2) is 8.72. The minimum atomic E-state index is -0.129. The van der Waals surface area contributed by atoms with Crippen molar-refractivity contribution >= 4 is 33.9 Å². The summed E-state index contributed by atoms with van der Waals surface area (Å²) in [4.78, 5) is 28.7. The molecule has 0 atom stereocenters. The summed E-state index contributed by atoms with van der Waals surface area (Å²) in [6, 6.07) is 5.64. The Morgan fingerprint density at radius 3 is 2.78 bits per heavy atom. The lowest BCUT2D eigenvalue weighted by Crippen LogP contribution is -2.26. The average Bonchev–Trinajstić information content (AvgIpc) is 3.19. The van der Waals surface area contributed by atoms with Crippen molar-refractivity contribution in [3.8, 4) is 0 Å². The molecule has 2 amide bonds. The van der Waals surface area contributed by atoms with E-state index < -0.39 is 0 Å². The number of anilines is 1. The van der Waals surface area contributed by atoms with Crippen molar-refractivity contribution in [2.45, 2.75) is 39.5 Å². The highest BCUT2D eigenvalue weighted by molar-refractivity contribution is 7.15. The van der Waals surface area contributed by atoms with Crippen LogP contribution in [0.2, 0.25) is 0 Å². The van der Waals surface area contributed by atoms with Gasteiger partial charge in [-0.3, -0.25) is 14.0 Å². The molecule has 0 aliphatic heterocycles. The van der Waals surface area contributed by atoms with E-state index in [0.717, 1.165) is 29.9 Å². The highest BCUT2D eigenvalue weighted by atomic mass is 32.1. The van der Waals surface area contributed by atoms with Gasteiger partial charge in [0.15, 0.2) is 0 Å². The van der Waals surface area contributed by atoms with Crippen molar-refractivity contribution in [1.29, 1.82) is 0 Å². The van der Waals surface area contributed by atoms with E-state index in [1.165, 1.54) is 11.3 Å². The van der Waals surface area contributed by atoms with Crippen LogP contribution in [-0.2, 0) is 4.79 Å². The molecular formula is C18H22N6O2S. The molecule has 0 bridgehead atoms. The fourth-order valence-corrected chi connectivity index (χ4v) is 3.40. The molecular weight excluding hydrogens is 364 g/mol. The number of nitrogens with zero attached hydrogens (tertiary/aromatic N) is 4. The van der Waals surface area contributed by atoms with Crippen LogP contribution in [0.1, 0.15) is 46.9 Å². The molecule has 0 saturated carbocycles. The molecule has 0 aliphatic rings. The molecule has 2 N–H and O–H groups in total. The summed E-state index contributed by atoms with van der Waals surface area (Å²) in [6.45, 7) is 4.24. The van der Waals surface area contributed by atoms with Crippen LogP contribution in [0, 0.1) is 13.8 Å². The van der Waals surface area contributed by atoms with Crippen LogP contribution in [0.3, 0.4) is 0 Å². The first kappa shape index (κ1) is 19.0. The normalized spacial score (nSPS) is 10.9. The number of aromatic nitrogens is 4. The summed E-state index contributed by atoms with van der Waals surface area (Å²) in [7, 11) is 0. The van der Waals surface area contributed by atoms with Gasteiger partial charge in [-0.1, -0.05) is 23.8 Å². The molecule has 0 aromatic carbocycles. The first-order chi connectivity index (χ1) is 13.0. The molecule has 0 aliphatic carbocycles. The van der Waals surface area contributed by atoms with E-state index in [9.17, 15) is 9.59 Å². The van der Waals surface area contributed by atoms with Crippen LogP contribution >= 0.6 is 11.3 Å². The summed E-state index contributed by atoms with van der Waals surface area (Å²) < 4.78 is 1.80. The Morgan fingerprint density at radius 2 is 2.00 bits per heavy atom. The lowest BCUT2D eigenvalue weighted by molar-refractivity contribution is -0.116. The Labute approximate surface area is 161 Å². The third kappa shape index (κ3) is 4.88. The van der Waals surface area contributed by atoms with E-state index in [1.54, 1.807) is 4.40 Å². The van der Waals surface area contributed by atoms with Gasteiger partial charge in [-0.15, -0.1) is 10.2 Å². The van der Waals surface area contributed by atoms with Gasteiger partial charge >= 0.3 is 0 Å². The maximum atomic E-state index is 12.4. The SMILES string of the molecule is Cc1nnc(NC(=O)CCCCCNC(=O)c2c(C)nc3ccccn23)s1. The monoisotopic (exact) mass is 386 g/mol. The highest BCUT2D eigenvalue weighted by Crippen LogP contribution is 2.14. The van der Waals surface area contributed by atoms with Crippen molar-refractivity contribution in [3.63, 3.8) is 0 Å². The average molecular weight is 386 g/mol. The molecule has 27 heavy (non-hydrogen) atoms. The Balaban J connectivity index is 1.37. The number of carbonyl (C=O) groups excluding carboxylic acids is 2. The quantitative estimate of drug-likeness (QED) is 0.580. The van der Waals surface area contributed by atoms with Crippen LogP contribution in [-0.4, -0.2) is 37.9 Å². The summed E-state index contributed by atoms with van der Waals surface area (Å²) >= 11 is 1.36. The second-order valence-electron chi connectivity index (χ2n) is 6.22. The summed E-state index contributed by atoms with van der Waals surface area (Å²) in [5, 5.41) is 14.8. The predicted molar refractivity (Wildman–Crippen MR) is 104 cm³/mol. The van der Waals surface area contributed by atoms with Crippen molar-refractivity contribution in [2.75, 3.05) is 11.9 Å². The number of carbonyl (C=O) groups is 2. The summed E-state index contributed by atoms with van der Waals surface area (Å²) in [6.07, 6.45) is 4.69. The zero-order chi connectivity index (χ0) is 19.2. The van der Waals surface area contributed by atoms with Crippen LogP contribution in [0.4, 0.5) is 5.13 Å². The molecule has 3 aromatic rings. The van der Waals surface area contributed by atoms with E-state index in [-0.39, 0.29) is 11.8 Å². The number of unbranched alkanes of at least 4 members (excludes halogenated alkanes) is 2. The third-order valence-corrected chi connectivity index (χ3v) is 4.81. The van der Waals surface area contributed by atoms with Gasteiger partial charge in [0, 0.05) is 19.2 Å². The van der Waals surface area contributed by atoms with Gasteiger partial charge in [-0.25, -0.2) is 4.98 Å². The predicted octanol–water partition coefficient (Wildman–Crippen LogP) is 2.73. The van der Waals surface area contributed by atoms with Gasteiger partial charge in [0.25, 0.3) is 5.91 Å². The number of hydrogen-bond acceptors (Lipinski definition) is 6. The van der Waals surface area contributed by atoms with Crippen LogP contribution in [0.25, 0.3) is 5.65 Å². The summed E-state index contributed by atoms with van der Waals surface area (Å²) in [5.74, 6) is -0.188. The Morgan fingerprint density at radius 1 is 1.15 bits per heavy atom. The van der Waals surface area contributed by atoms with Crippen LogP contribution < -0.4 is 10.6 Å². The summed E-state index contributed by atoms with van der Waals surface area (Å²) in [5.41, 5.74) is 2.04. The molecule has 9 heteroatoms. The lowest BCUT2D eigenvalue weighted by atomic mass is 10.2. The molecule has 3 heterocycles. The van der Waals surface area contributed by atoms with Gasteiger partial charge in [0.05, 0.1) is 5.69 Å². The number of pyridine rings is 1. The molecule has 0 radical (unpaired) electrons. The van der Waals surface area contributed by atoms with E-state index in [4.69, 9.17) is 0 Å². The van der Waals surface area contributed by atoms with Gasteiger partial charge < -0.3 is 10.6 Å². The van der Waals surface area contributed by atoms with E-state index in [2.05, 4.69) is 25.8 Å². The van der Waals surface area contributed by atoms with Gasteiger partial charge in [0.2, 0.25) is 11.0 Å². The third-order valence-electron chi connectivity index (χ3n) is 4.06. The standard InChI is InChI=1S/C18H22N6O2S/c1-12-16(24-11-7-5-8-14(24)20-12)17(26)19-10-6-3-4-9-15(25)21-18-23-22-13(2)27-18/h5,7-8,11H,3-4,6,9-10H2,1-2H3,(H,19,26)(H,21,23,25). The fraction of sp³-hybridized carbons (Fsp3) is 0.389. The maximum Gasteiger partial charge on any atom is 0.270 e. The number of amides is 2. The first-order valence-corrected chi connectivity index (χ1v) is 9.68. The molecule has 142 valence electrons. The number of nitrogens with one attached hydrogen (secondary N) is 2. The van der Waals surface area contributed by atoms with Crippen LogP contribution in [0.15, 0.2) is 24.4 Å². The Kier molecular flexibility index (Phi) is 6.12. The number of aryl methyl sites for hydroxylation is 2. The maximum absolute atomic E-state index is 12.4. The molecule has 0 saturated heterocycles. The molecule has 0 fully saturated rings. The van der Waals surface area contributed by atoms with Crippen molar-refractivity contribution in [3.05, 3.63) is 40.8 Å².